The van der Waals surface area contributed by atoms with Crippen LogP contribution in [0.3, 0.4) is 0 Å². The van der Waals surface area contributed by atoms with Gasteiger partial charge in [-0.15, -0.1) is 0 Å². The van der Waals surface area contributed by atoms with Crippen LogP contribution in [-0.4, -0.2) is 86.1 Å². The number of nitrogens with zero attached hydrogens (tertiary/aromatic N) is 4. The summed E-state index contributed by atoms with van der Waals surface area (Å²) < 4.78 is 15.8. The Balaban J connectivity index is 1.50. The molecule has 2 aromatic carbocycles. The molecule has 2 heterocycles. The van der Waals surface area contributed by atoms with Crippen LogP contribution in [0.25, 0.3) is 0 Å². The standard InChI is InChI=1S/C26H32N4O5/c1-4-35-26(32)29-14-12-28(13-15-29)18-25(31)30-24(19-8-10-21(33-2)11-9-19)17-23(27-30)20-6-5-7-22(16-20)34-3/h5-11,16,24H,4,12-15,17-18H2,1-3H3. The zero-order valence-electron chi connectivity index (χ0n) is 20.5. The van der Waals surface area contributed by atoms with Crippen LogP contribution >= 0.6 is 0 Å². The molecule has 35 heavy (non-hydrogen) atoms. The van der Waals surface area contributed by atoms with Gasteiger partial charge in [0.2, 0.25) is 0 Å². The van der Waals surface area contributed by atoms with Crippen molar-refractivity contribution in [2.24, 2.45) is 5.10 Å². The Kier molecular flexibility index (Phi) is 7.87. The summed E-state index contributed by atoms with van der Waals surface area (Å²) >= 11 is 0. The number of piperazine rings is 1. The second-order valence-electron chi connectivity index (χ2n) is 8.47. The second-order valence-corrected chi connectivity index (χ2v) is 8.47. The quantitative estimate of drug-likeness (QED) is 0.605. The maximum Gasteiger partial charge on any atom is 0.409 e. The first-order chi connectivity index (χ1) is 17.0. The van der Waals surface area contributed by atoms with Crippen molar-refractivity contribution in [2.45, 2.75) is 19.4 Å². The van der Waals surface area contributed by atoms with E-state index in [1.54, 1.807) is 31.1 Å². The molecule has 0 bridgehead atoms. The van der Waals surface area contributed by atoms with E-state index in [2.05, 4.69) is 4.90 Å². The van der Waals surface area contributed by atoms with Crippen LogP contribution in [0, 0.1) is 0 Å². The molecule has 0 aliphatic carbocycles. The summed E-state index contributed by atoms with van der Waals surface area (Å²) in [6, 6.07) is 15.3. The van der Waals surface area contributed by atoms with E-state index in [9.17, 15) is 9.59 Å². The minimum absolute atomic E-state index is 0.0756. The van der Waals surface area contributed by atoms with E-state index in [0.29, 0.717) is 39.2 Å². The van der Waals surface area contributed by atoms with E-state index in [4.69, 9.17) is 19.3 Å². The number of methoxy groups -OCH3 is 2. The van der Waals surface area contributed by atoms with E-state index >= 15 is 0 Å². The molecule has 1 unspecified atom stereocenters. The van der Waals surface area contributed by atoms with Crippen LogP contribution < -0.4 is 9.47 Å². The second kappa shape index (κ2) is 11.2. The zero-order chi connectivity index (χ0) is 24.8. The minimum atomic E-state index is -0.301. The maximum absolute atomic E-state index is 13.5. The normalized spacial score (nSPS) is 18.3. The highest BCUT2D eigenvalue weighted by atomic mass is 16.6. The van der Waals surface area contributed by atoms with Gasteiger partial charge in [0, 0.05) is 38.2 Å². The Morgan fingerprint density at radius 3 is 2.34 bits per heavy atom. The Bertz CT molecular complexity index is 1060. The summed E-state index contributed by atoms with van der Waals surface area (Å²) in [6.45, 7) is 4.67. The monoisotopic (exact) mass is 480 g/mol. The predicted molar refractivity (Wildman–Crippen MR) is 132 cm³/mol. The SMILES string of the molecule is CCOC(=O)N1CCN(CC(=O)N2N=C(c3cccc(OC)c3)CC2c2ccc(OC)cc2)CC1. The number of rotatable bonds is 7. The van der Waals surface area contributed by atoms with Gasteiger partial charge in [0.25, 0.3) is 5.91 Å². The largest absolute Gasteiger partial charge is 0.497 e. The summed E-state index contributed by atoms with van der Waals surface area (Å²) in [5, 5.41) is 6.37. The van der Waals surface area contributed by atoms with Gasteiger partial charge >= 0.3 is 6.09 Å². The van der Waals surface area contributed by atoms with Gasteiger partial charge in [-0.05, 0) is 36.8 Å². The molecule has 186 valence electrons. The van der Waals surface area contributed by atoms with Crippen molar-refractivity contribution in [1.29, 1.82) is 0 Å². The third-order valence-corrected chi connectivity index (χ3v) is 6.33. The van der Waals surface area contributed by atoms with Gasteiger partial charge in [-0.2, -0.15) is 5.10 Å². The molecule has 0 saturated carbocycles. The Hall–Kier alpha value is -3.59. The number of hydrogen-bond donors (Lipinski definition) is 0. The van der Waals surface area contributed by atoms with E-state index in [-0.39, 0.29) is 24.6 Å². The van der Waals surface area contributed by atoms with Crippen LogP contribution in [0.2, 0.25) is 0 Å². The number of benzene rings is 2. The van der Waals surface area contributed by atoms with Crippen LogP contribution in [-0.2, 0) is 9.53 Å². The molecule has 0 spiro atoms. The number of hydrazone groups is 1. The Morgan fingerprint density at radius 2 is 1.69 bits per heavy atom. The summed E-state index contributed by atoms with van der Waals surface area (Å²) in [6.07, 6.45) is 0.298. The lowest BCUT2D eigenvalue weighted by molar-refractivity contribution is -0.134. The van der Waals surface area contributed by atoms with E-state index in [0.717, 1.165) is 28.3 Å². The van der Waals surface area contributed by atoms with Gasteiger partial charge in [0.1, 0.15) is 11.5 Å². The number of carbonyl (C=O) groups is 2. The first-order valence-corrected chi connectivity index (χ1v) is 11.8. The third kappa shape index (κ3) is 5.74. The van der Waals surface area contributed by atoms with Crippen LogP contribution in [0.5, 0.6) is 11.5 Å². The Morgan fingerprint density at radius 1 is 0.971 bits per heavy atom. The molecule has 1 saturated heterocycles. The highest BCUT2D eigenvalue weighted by molar-refractivity contribution is 6.03. The van der Waals surface area contributed by atoms with Gasteiger partial charge in [0.15, 0.2) is 0 Å². The predicted octanol–water partition coefficient (Wildman–Crippen LogP) is 3.16. The molecule has 0 N–H and O–H groups in total. The topological polar surface area (TPSA) is 83.9 Å². The van der Waals surface area contributed by atoms with Crippen LogP contribution in [0.15, 0.2) is 53.6 Å². The molecule has 2 aliphatic rings. The number of carbonyl (C=O) groups excluding carboxylic acids is 2. The fraction of sp³-hybridized carbons (Fsp3) is 0.423. The average molecular weight is 481 g/mol. The molecule has 0 aromatic heterocycles. The molecular formula is C26H32N4O5. The van der Waals surface area contributed by atoms with Crippen molar-refractivity contribution in [3.63, 3.8) is 0 Å². The number of amides is 2. The lowest BCUT2D eigenvalue weighted by Gasteiger charge is -2.34. The van der Waals surface area contributed by atoms with E-state index in [1.165, 1.54) is 0 Å². The zero-order valence-corrected chi connectivity index (χ0v) is 20.5. The minimum Gasteiger partial charge on any atom is -0.497 e. The third-order valence-electron chi connectivity index (χ3n) is 6.33. The summed E-state index contributed by atoms with van der Waals surface area (Å²) in [4.78, 5) is 29.2. The molecule has 9 nitrogen and oxygen atoms in total. The lowest BCUT2D eigenvalue weighted by atomic mass is 9.98. The maximum atomic E-state index is 13.5. The Labute approximate surface area is 205 Å². The van der Waals surface area contributed by atoms with Crippen molar-refractivity contribution < 1.29 is 23.8 Å². The first-order valence-electron chi connectivity index (χ1n) is 11.8. The highest BCUT2D eigenvalue weighted by Crippen LogP contribution is 2.34. The van der Waals surface area contributed by atoms with Gasteiger partial charge in [-0.1, -0.05) is 24.3 Å². The lowest BCUT2D eigenvalue weighted by Crippen LogP contribution is -2.51. The number of ether oxygens (including phenoxy) is 3. The summed E-state index contributed by atoms with van der Waals surface area (Å²) in [7, 11) is 3.26. The van der Waals surface area contributed by atoms with Gasteiger partial charge in [0.05, 0.1) is 39.1 Å². The van der Waals surface area contributed by atoms with Crippen molar-refractivity contribution in [3.05, 3.63) is 59.7 Å². The van der Waals surface area contributed by atoms with Crippen molar-refractivity contribution >= 4 is 17.7 Å². The van der Waals surface area contributed by atoms with Gasteiger partial charge in [-0.25, -0.2) is 9.80 Å². The van der Waals surface area contributed by atoms with Gasteiger partial charge in [-0.3, -0.25) is 9.69 Å². The molecule has 0 radical (unpaired) electrons. The van der Waals surface area contributed by atoms with Crippen molar-refractivity contribution in [3.8, 4) is 11.5 Å². The summed E-state index contributed by atoms with van der Waals surface area (Å²) in [5.41, 5.74) is 2.76. The number of hydrogen-bond acceptors (Lipinski definition) is 7. The van der Waals surface area contributed by atoms with Gasteiger partial charge < -0.3 is 19.1 Å². The molecular weight excluding hydrogens is 448 g/mol. The van der Waals surface area contributed by atoms with Crippen molar-refractivity contribution in [2.75, 3.05) is 53.6 Å². The molecule has 1 fully saturated rings. The molecule has 1 atom stereocenters. The average Bonchev–Trinajstić information content (AvgIpc) is 3.35. The van der Waals surface area contributed by atoms with Crippen molar-refractivity contribution in [1.82, 2.24) is 14.8 Å². The first kappa shape index (κ1) is 24.5. The van der Waals surface area contributed by atoms with E-state index in [1.807, 2.05) is 48.5 Å². The molecule has 2 amide bonds. The van der Waals surface area contributed by atoms with Crippen LogP contribution in [0.4, 0.5) is 4.79 Å². The summed E-state index contributed by atoms with van der Waals surface area (Å²) in [5.74, 6) is 1.43. The van der Waals surface area contributed by atoms with E-state index < -0.39 is 0 Å². The molecule has 4 rings (SSSR count). The fourth-order valence-electron chi connectivity index (χ4n) is 4.37. The molecule has 9 heteroatoms. The fourth-order valence-corrected chi connectivity index (χ4v) is 4.37. The smallest absolute Gasteiger partial charge is 0.409 e. The molecule has 2 aliphatic heterocycles. The highest BCUT2D eigenvalue weighted by Gasteiger charge is 2.34. The van der Waals surface area contributed by atoms with Crippen LogP contribution in [0.1, 0.15) is 30.5 Å². The molecule has 2 aromatic rings.